The number of rotatable bonds is 5. The third-order valence-electron chi connectivity index (χ3n) is 3.93. The standard InChI is InChI=1S/C18H28N2O3/c1-18(2,3)23-17(21)20-12-7-10-16(20)11-13-19(22)14-15-8-5-4-6-9-15/h4-6,8-9,16,22H,7,10-14H2,1-3H3/t16-/m0/s1. The van der Waals surface area contributed by atoms with Gasteiger partial charge in [-0.1, -0.05) is 30.3 Å². The molecule has 1 atom stereocenters. The molecule has 0 bridgehead atoms. The summed E-state index contributed by atoms with van der Waals surface area (Å²) < 4.78 is 5.47. The van der Waals surface area contributed by atoms with Gasteiger partial charge in [-0.3, -0.25) is 0 Å². The average Bonchev–Trinajstić information content (AvgIpc) is 2.93. The van der Waals surface area contributed by atoms with Crippen LogP contribution in [0.5, 0.6) is 0 Å². The second kappa shape index (κ2) is 7.79. The van der Waals surface area contributed by atoms with Crippen LogP contribution in [0.15, 0.2) is 30.3 Å². The number of carbonyl (C=O) groups is 1. The molecule has 1 aliphatic rings. The van der Waals surface area contributed by atoms with Gasteiger partial charge < -0.3 is 14.8 Å². The summed E-state index contributed by atoms with van der Waals surface area (Å²) >= 11 is 0. The lowest BCUT2D eigenvalue weighted by atomic mass is 10.1. The van der Waals surface area contributed by atoms with Gasteiger partial charge in [0.25, 0.3) is 0 Å². The Morgan fingerprint density at radius 3 is 2.70 bits per heavy atom. The summed E-state index contributed by atoms with van der Waals surface area (Å²) in [6.07, 6.45) is 2.47. The van der Waals surface area contributed by atoms with E-state index in [1.165, 1.54) is 5.06 Å². The van der Waals surface area contributed by atoms with Crippen molar-refractivity contribution in [3.63, 3.8) is 0 Å². The van der Waals surface area contributed by atoms with E-state index in [1.54, 1.807) is 0 Å². The fraction of sp³-hybridized carbons (Fsp3) is 0.611. The van der Waals surface area contributed by atoms with Gasteiger partial charge in [0.2, 0.25) is 0 Å². The van der Waals surface area contributed by atoms with Crippen LogP contribution in [0.2, 0.25) is 0 Å². The van der Waals surface area contributed by atoms with Crippen LogP contribution in [0, 0.1) is 0 Å². The maximum atomic E-state index is 12.2. The molecule has 0 aliphatic carbocycles. The van der Waals surface area contributed by atoms with Gasteiger partial charge in [0.1, 0.15) is 5.60 Å². The number of hydroxylamine groups is 2. The smallest absolute Gasteiger partial charge is 0.410 e. The van der Waals surface area contributed by atoms with E-state index in [2.05, 4.69) is 0 Å². The summed E-state index contributed by atoms with van der Waals surface area (Å²) in [6.45, 7) is 7.42. The van der Waals surface area contributed by atoms with Crippen LogP contribution in [-0.2, 0) is 11.3 Å². The molecule has 5 nitrogen and oxygen atoms in total. The van der Waals surface area contributed by atoms with Crippen molar-refractivity contribution in [3.05, 3.63) is 35.9 Å². The molecular weight excluding hydrogens is 292 g/mol. The number of hydrogen-bond acceptors (Lipinski definition) is 4. The van der Waals surface area contributed by atoms with Crippen molar-refractivity contribution >= 4 is 6.09 Å². The van der Waals surface area contributed by atoms with Crippen molar-refractivity contribution in [1.82, 2.24) is 9.96 Å². The molecule has 0 spiro atoms. The highest BCUT2D eigenvalue weighted by molar-refractivity contribution is 5.68. The highest BCUT2D eigenvalue weighted by atomic mass is 16.6. The molecule has 0 unspecified atom stereocenters. The number of benzene rings is 1. The summed E-state index contributed by atoms with van der Waals surface area (Å²) in [4.78, 5) is 14.0. The molecule has 23 heavy (non-hydrogen) atoms. The van der Waals surface area contributed by atoms with Crippen molar-refractivity contribution in [3.8, 4) is 0 Å². The van der Waals surface area contributed by atoms with Gasteiger partial charge in [-0.2, -0.15) is 5.06 Å². The van der Waals surface area contributed by atoms with Crippen LogP contribution < -0.4 is 0 Å². The van der Waals surface area contributed by atoms with Crippen molar-refractivity contribution in [2.45, 2.75) is 58.2 Å². The van der Waals surface area contributed by atoms with Crippen molar-refractivity contribution in [2.24, 2.45) is 0 Å². The van der Waals surface area contributed by atoms with Gasteiger partial charge in [-0.05, 0) is 45.6 Å². The summed E-state index contributed by atoms with van der Waals surface area (Å²) in [5.74, 6) is 0. The third kappa shape index (κ3) is 5.84. The first-order valence-electron chi connectivity index (χ1n) is 8.32. The minimum atomic E-state index is -0.472. The zero-order chi connectivity index (χ0) is 16.9. The van der Waals surface area contributed by atoms with Crippen molar-refractivity contribution in [2.75, 3.05) is 13.1 Å². The summed E-state index contributed by atoms with van der Waals surface area (Å²) in [6, 6.07) is 10.0. The monoisotopic (exact) mass is 320 g/mol. The van der Waals surface area contributed by atoms with E-state index >= 15 is 0 Å². The zero-order valence-electron chi connectivity index (χ0n) is 14.4. The molecule has 1 aromatic rings. The van der Waals surface area contributed by atoms with Crippen molar-refractivity contribution < 1.29 is 14.7 Å². The quantitative estimate of drug-likeness (QED) is 0.841. The number of nitrogens with zero attached hydrogens (tertiary/aromatic N) is 2. The van der Waals surface area contributed by atoms with Gasteiger partial charge >= 0.3 is 6.09 Å². The second-order valence-electron chi connectivity index (χ2n) is 7.13. The second-order valence-corrected chi connectivity index (χ2v) is 7.13. The fourth-order valence-electron chi connectivity index (χ4n) is 2.87. The number of hydrogen-bond donors (Lipinski definition) is 1. The van der Waals surface area contributed by atoms with Gasteiger partial charge in [0.15, 0.2) is 0 Å². The number of ether oxygens (including phenoxy) is 1. The van der Waals surface area contributed by atoms with Crippen LogP contribution in [0.1, 0.15) is 45.6 Å². The Balaban J connectivity index is 1.81. The molecule has 1 N–H and O–H groups in total. The van der Waals surface area contributed by atoms with Gasteiger partial charge in [-0.15, -0.1) is 0 Å². The topological polar surface area (TPSA) is 53.0 Å². The Hall–Kier alpha value is -1.59. The summed E-state index contributed by atoms with van der Waals surface area (Å²) in [5.41, 5.74) is 0.603. The van der Waals surface area contributed by atoms with E-state index in [-0.39, 0.29) is 12.1 Å². The van der Waals surface area contributed by atoms with E-state index in [9.17, 15) is 10.0 Å². The van der Waals surface area contributed by atoms with E-state index in [4.69, 9.17) is 4.74 Å². The molecule has 0 saturated carbocycles. The number of carbonyl (C=O) groups excluding carboxylic acids is 1. The molecular formula is C18H28N2O3. The molecule has 1 fully saturated rings. The van der Waals surface area contributed by atoms with E-state index in [0.29, 0.717) is 13.1 Å². The van der Waals surface area contributed by atoms with Crippen LogP contribution >= 0.6 is 0 Å². The first-order chi connectivity index (χ1) is 10.8. The van der Waals surface area contributed by atoms with Crippen LogP contribution in [0.3, 0.4) is 0 Å². The molecule has 1 saturated heterocycles. The first kappa shape index (κ1) is 17.8. The maximum absolute atomic E-state index is 12.2. The Labute approximate surface area is 138 Å². The molecule has 0 radical (unpaired) electrons. The maximum Gasteiger partial charge on any atom is 0.410 e. The molecule has 128 valence electrons. The van der Waals surface area contributed by atoms with Gasteiger partial charge in [0, 0.05) is 25.7 Å². The average molecular weight is 320 g/mol. The molecule has 2 rings (SSSR count). The van der Waals surface area contributed by atoms with Crippen LogP contribution in [-0.4, -0.2) is 46.0 Å². The first-order valence-corrected chi connectivity index (χ1v) is 8.32. The molecule has 1 aliphatic heterocycles. The highest BCUT2D eigenvalue weighted by Gasteiger charge is 2.32. The van der Waals surface area contributed by atoms with Crippen LogP contribution in [0.25, 0.3) is 0 Å². The largest absolute Gasteiger partial charge is 0.444 e. The minimum Gasteiger partial charge on any atom is -0.444 e. The normalized spacial score (nSPS) is 18.5. The summed E-state index contributed by atoms with van der Waals surface area (Å²) in [7, 11) is 0. The molecule has 5 heteroatoms. The number of amides is 1. The molecule has 0 aromatic heterocycles. The lowest BCUT2D eigenvalue weighted by molar-refractivity contribution is -0.103. The number of likely N-dealkylation sites (tertiary alicyclic amines) is 1. The van der Waals surface area contributed by atoms with E-state index < -0.39 is 5.60 Å². The predicted molar refractivity (Wildman–Crippen MR) is 89.2 cm³/mol. The van der Waals surface area contributed by atoms with E-state index in [0.717, 1.165) is 31.4 Å². The van der Waals surface area contributed by atoms with Crippen LogP contribution in [0.4, 0.5) is 4.79 Å². The molecule has 1 amide bonds. The molecule has 1 aromatic carbocycles. The van der Waals surface area contributed by atoms with Gasteiger partial charge in [0.05, 0.1) is 0 Å². The Morgan fingerprint density at radius 1 is 1.35 bits per heavy atom. The van der Waals surface area contributed by atoms with E-state index in [1.807, 2.05) is 56.0 Å². The highest BCUT2D eigenvalue weighted by Crippen LogP contribution is 2.23. The fourth-order valence-corrected chi connectivity index (χ4v) is 2.87. The molecule has 1 heterocycles. The predicted octanol–water partition coefficient (Wildman–Crippen LogP) is 3.67. The minimum absolute atomic E-state index is 0.148. The van der Waals surface area contributed by atoms with Crippen molar-refractivity contribution in [1.29, 1.82) is 0 Å². The Bertz CT molecular complexity index is 499. The lowest BCUT2D eigenvalue weighted by Crippen LogP contribution is -2.41. The zero-order valence-corrected chi connectivity index (χ0v) is 14.4. The SMILES string of the molecule is CC(C)(C)OC(=O)N1CCC[C@H]1CCN(O)Cc1ccccc1. The Morgan fingerprint density at radius 2 is 2.04 bits per heavy atom. The lowest BCUT2D eigenvalue weighted by Gasteiger charge is -2.29. The summed E-state index contributed by atoms with van der Waals surface area (Å²) in [5, 5.41) is 11.4. The third-order valence-corrected chi connectivity index (χ3v) is 3.93. The Kier molecular flexibility index (Phi) is 6.02. The van der Waals surface area contributed by atoms with Gasteiger partial charge in [-0.25, -0.2) is 4.79 Å².